The molecule has 1 aromatic rings. The number of nitrogens with zero attached hydrogens (tertiary/aromatic N) is 2. The summed E-state index contributed by atoms with van der Waals surface area (Å²) in [5.74, 6) is -7.41. The summed E-state index contributed by atoms with van der Waals surface area (Å²) >= 11 is 0. The van der Waals surface area contributed by atoms with Gasteiger partial charge in [0.1, 0.15) is 22.8 Å². The van der Waals surface area contributed by atoms with Gasteiger partial charge in [0.25, 0.3) is 5.91 Å². The van der Waals surface area contributed by atoms with Crippen LogP contribution in [0.4, 0.5) is 13.2 Å². The highest BCUT2D eigenvalue weighted by Gasteiger charge is 2.63. The number of carbonyl (C=O) groups excluding carboxylic acids is 3. The van der Waals surface area contributed by atoms with Crippen LogP contribution in [0.1, 0.15) is 73.5 Å². The quantitative estimate of drug-likeness (QED) is 0.269. The van der Waals surface area contributed by atoms with Crippen molar-refractivity contribution in [3.05, 3.63) is 51.0 Å². The van der Waals surface area contributed by atoms with Crippen LogP contribution >= 0.6 is 0 Å². The van der Waals surface area contributed by atoms with Crippen LogP contribution in [0.5, 0.6) is 5.75 Å². The molecule has 6 N–H and O–H groups in total. The number of phenolic OH excluding ortho intramolecular Hbond substituents is 1. The fourth-order valence-corrected chi connectivity index (χ4v) is 9.93. The second-order valence-corrected chi connectivity index (χ2v) is 15.3. The molecular formula is C35H44F3N3O7. The van der Waals surface area contributed by atoms with E-state index < -0.39 is 98.7 Å². The maximum Gasteiger partial charge on any atom is 0.417 e. The maximum atomic E-state index is 15.1. The van der Waals surface area contributed by atoms with Crippen molar-refractivity contribution in [3.8, 4) is 5.75 Å². The molecule has 0 radical (unpaired) electrons. The van der Waals surface area contributed by atoms with E-state index >= 15 is 13.2 Å². The molecule has 48 heavy (non-hydrogen) atoms. The number of Topliss-reactive ketones (excluding diaryl/α,β-unsaturated/α-hetero) is 2. The summed E-state index contributed by atoms with van der Waals surface area (Å²) in [7, 11) is 2.97. The second-order valence-electron chi connectivity index (χ2n) is 15.3. The number of allylic oxidation sites excluding steroid dienone is 1. The molecule has 7 atom stereocenters. The van der Waals surface area contributed by atoms with Gasteiger partial charge in [-0.3, -0.25) is 24.2 Å². The summed E-state index contributed by atoms with van der Waals surface area (Å²) in [4.78, 5) is 43.0. The molecule has 1 aromatic carbocycles. The molecule has 2 unspecified atom stereocenters. The zero-order valence-electron chi connectivity index (χ0n) is 27.8. The van der Waals surface area contributed by atoms with E-state index in [1.54, 1.807) is 0 Å². The van der Waals surface area contributed by atoms with Crippen LogP contribution < -0.4 is 5.73 Å². The van der Waals surface area contributed by atoms with Crippen LogP contribution in [0.2, 0.25) is 0 Å². The van der Waals surface area contributed by atoms with Crippen molar-refractivity contribution in [2.24, 2.45) is 40.7 Å². The first-order valence-electron chi connectivity index (χ1n) is 16.6. The molecule has 13 heteroatoms. The van der Waals surface area contributed by atoms with Crippen LogP contribution in [0.25, 0.3) is 0 Å². The predicted molar refractivity (Wildman–Crippen MR) is 168 cm³/mol. The van der Waals surface area contributed by atoms with E-state index in [4.69, 9.17) is 5.73 Å². The number of alkyl halides is 3. The molecule has 3 fully saturated rings. The summed E-state index contributed by atoms with van der Waals surface area (Å²) in [5, 5.41) is 45.3. The van der Waals surface area contributed by atoms with Crippen LogP contribution in [0, 0.1) is 35.0 Å². The van der Waals surface area contributed by atoms with Gasteiger partial charge >= 0.3 is 6.18 Å². The molecule has 0 aliphatic heterocycles. The van der Waals surface area contributed by atoms with Gasteiger partial charge in [-0.15, -0.1) is 0 Å². The smallest absolute Gasteiger partial charge is 0.417 e. The summed E-state index contributed by atoms with van der Waals surface area (Å²) in [5.41, 5.74) is -1.01. The van der Waals surface area contributed by atoms with Crippen LogP contribution in [-0.2, 0) is 28.7 Å². The first-order valence-corrected chi connectivity index (χ1v) is 16.6. The highest BCUT2D eigenvalue weighted by Crippen LogP contribution is 2.61. The van der Waals surface area contributed by atoms with Gasteiger partial charge in [0.05, 0.1) is 17.2 Å². The van der Waals surface area contributed by atoms with Crippen molar-refractivity contribution >= 4 is 17.5 Å². The van der Waals surface area contributed by atoms with E-state index in [9.17, 15) is 34.8 Å². The number of aliphatic hydroxyl groups excluding tert-OH is 2. The average Bonchev–Trinajstić information content (AvgIpc) is 2.97. The molecule has 6 aliphatic carbocycles. The normalized spacial score (nSPS) is 32.6. The molecule has 262 valence electrons. The lowest BCUT2D eigenvalue weighted by Crippen LogP contribution is -2.63. The van der Waals surface area contributed by atoms with Crippen molar-refractivity contribution in [2.75, 3.05) is 27.2 Å². The Morgan fingerprint density at radius 1 is 1.08 bits per heavy atom. The van der Waals surface area contributed by atoms with E-state index in [1.165, 1.54) is 19.0 Å². The first-order chi connectivity index (χ1) is 22.3. The number of halogens is 3. The topological polar surface area (TPSA) is 165 Å². The minimum absolute atomic E-state index is 0.0970. The molecule has 6 aliphatic rings. The molecular weight excluding hydrogens is 631 g/mol. The van der Waals surface area contributed by atoms with Crippen LogP contribution in [0.15, 0.2) is 28.7 Å². The summed E-state index contributed by atoms with van der Waals surface area (Å²) in [6.07, 6.45) is -2.39. The fourth-order valence-electron chi connectivity index (χ4n) is 9.93. The summed E-state index contributed by atoms with van der Waals surface area (Å²) in [6, 6.07) is -0.282. The lowest BCUT2D eigenvalue weighted by Gasteiger charge is -2.60. The number of aliphatic hydroxyl groups is 3. The van der Waals surface area contributed by atoms with Gasteiger partial charge in [0.15, 0.2) is 11.4 Å². The zero-order chi connectivity index (χ0) is 35.4. The third-order valence-electron chi connectivity index (χ3n) is 12.4. The third kappa shape index (κ3) is 4.82. The Morgan fingerprint density at radius 3 is 2.29 bits per heavy atom. The van der Waals surface area contributed by atoms with Gasteiger partial charge in [0.2, 0.25) is 5.78 Å². The van der Waals surface area contributed by atoms with E-state index in [2.05, 4.69) is 13.8 Å². The van der Waals surface area contributed by atoms with Crippen molar-refractivity contribution < 1.29 is 48.0 Å². The number of ketones is 2. The number of benzene rings is 1. The number of hydrogen-bond acceptors (Lipinski definition) is 9. The van der Waals surface area contributed by atoms with Gasteiger partial charge in [0, 0.05) is 24.6 Å². The molecule has 0 aromatic heterocycles. The molecule has 0 spiro atoms. The Kier molecular flexibility index (Phi) is 8.12. The molecule has 10 nitrogen and oxygen atoms in total. The Morgan fingerprint density at radius 2 is 1.75 bits per heavy atom. The van der Waals surface area contributed by atoms with E-state index in [0.29, 0.717) is 30.8 Å². The van der Waals surface area contributed by atoms with E-state index in [-0.39, 0.29) is 23.9 Å². The number of amides is 1. The molecule has 0 saturated heterocycles. The fraction of sp³-hybridized carbons (Fsp3) is 0.629. The summed E-state index contributed by atoms with van der Waals surface area (Å²) < 4.78 is 45.2. The Bertz CT molecular complexity index is 1660. The number of aromatic hydroxyl groups is 1. The molecule has 2 bridgehead atoms. The van der Waals surface area contributed by atoms with Gasteiger partial charge in [-0.25, -0.2) is 0 Å². The van der Waals surface area contributed by atoms with Gasteiger partial charge in [-0.2, -0.15) is 13.2 Å². The lowest BCUT2D eigenvalue weighted by molar-refractivity contribution is -0.148. The van der Waals surface area contributed by atoms with E-state index in [0.717, 1.165) is 25.3 Å². The van der Waals surface area contributed by atoms with Crippen LogP contribution in [0.3, 0.4) is 0 Å². The van der Waals surface area contributed by atoms with Gasteiger partial charge < -0.3 is 26.2 Å². The second kappa shape index (κ2) is 11.3. The van der Waals surface area contributed by atoms with Gasteiger partial charge in [-0.1, -0.05) is 20.8 Å². The minimum atomic E-state index is -4.90. The molecule has 3 saturated carbocycles. The van der Waals surface area contributed by atoms with E-state index in [1.807, 2.05) is 11.8 Å². The number of nitrogens with two attached hydrogens (primary N) is 1. The lowest BCUT2D eigenvalue weighted by atomic mass is 9.45. The number of fused-ring (bicyclic) bond motifs is 5. The number of phenols is 1. The number of carbonyl (C=O) groups is 3. The first kappa shape index (κ1) is 34.4. The maximum absolute atomic E-state index is 15.1. The minimum Gasteiger partial charge on any atom is -0.510 e. The Balaban J connectivity index is 1.42. The van der Waals surface area contributed by atoms with Crippen molar-refractivity contribution in [1.29, 1.82) is 0 Å². The number of primary amides is 1. The highest BCUT2D eigenvalue weighted by atomic mass is 19.4. The van der Waals surface area contributed by atoms with Crippen molar-refractivity contribution in [1.82, 2.24) is 9.80 Å². The SMILES string of the molecule is CCN(Cc1cc(O)c2c(c1C(F)(F)F)C[C@H]1C[C@H]3[C@H](N(C)C)C(O)=C(C(N)=O)C(=O)[C@@]3(O)C(O)=C1C2=O)C[C@H]1CCC2CC1C2(C)C. The standard InChI is InChI=1S/C35H44F3N3O7/c1-6-41(13-15-7-8-18-12-20(15)33(18,2)3)14-17-11-22(42)24-19(26(17)35(36,37)38)9-16-10-21-27(40(4)5)29(44)25(32(39)47)31(46)34(21,48)30(45)23(16)28(24)43/h11,15-16,18,20-21,27,42,44-45,48H,6-10,12-14H2,1-5H3,(H2,39,47)/t15-,16+,18?,20?,21+,27+,34+/m1/s1. The third-order valence-corrected chi connectivity index (χ3v) is 12.4. The Labute approximate surface area is 277 Å². The summed E-state index contributed by atoms with van der Waals surface area (Å²) in [6.45, 7) is 7.41. The average molecular weight is 676 g/mol. The Hall–Kier alpha value is -3.42. The van der Waals surface area contributed by atoms with Crippen LogP contribution in [-0.4, -0.2) is 86.5 Å². The molecule has 0 heterocycles. The number of likely N-dealkylation sites (N-methyl/N-ethyl adjacent to an activating group) is 1. The highest BCUT2D eigenvalue weighted by molar-refractivity contribution is 6.24. The number of hydrogen-bond donors (Lipinski definition) is 5. The van der Waals surface area contributed by atoms with Crippen molar-refractivity contribution in [3.63, 3.8) is 0 Å². The monoisotopic (exact) mass is 675 g/mol. The zero-order valence-corrected chi connectivity index (χ0v) is 27.8. The van der Waals surface area contributed by atoms with Gasteiger partial charge in [-0.05, 0) is 99.0 Å². The molecule has 1 amide bonds. The largest absolute Gasteiger partial charge is 0.510 e. The van der Waals surface area contributed by atoms with Crippen molar-refractivity contribution in [2.45, 2.75) is 77.2 Å². The molecule has 7 rings (SSSR count). The number of rotatable bonds is 7. The predicted octanol–water partition coefficient (Wildman–Crippen LogP) is 4.03.